The van der Waals surface area contributed by atoms with Crippen LogP contribution in [-0.2, 0) is 16.1 Å². The summed E-state index contributed by atoms with van der Waals surface area (Å²) >= 11 is 0. The normalized spacial score (nSPS) is 33.6. The molecule has 1 aliphatic heterocycles. The van der Waals surface area contributed by atoms with Gasteiger partial charge in [0.2, 0.25) is 5.91 Å². The maximum Gasteiger partial charge on any atom is 0.226 e. The summed E-state index contributed by atoms with van der Waals surface area (Å²) in [6.07, 6.45) is 10.6. The van der Waals surface area contributed by atoms with Gasteiger partial charge in [0.1, 0.15) is 6.10 Å². The highest BCUT2D eigenvalue weighted by Crippen LogP contribution is 2.44. The molecule has 2 fully saturated rings. The van der Waals surface area contributed by atoms with Crippen molar-refractivity contribution in [3.8, 4) is 0 Å². The Morgan fingerprint density at radius 2 is 2.32 bits per heavy atom. The third-order valence-corrected chi connectivity index (χ3v) is 5.32. The number of ether oxygens (including phenoxy) is 1. The van der Waals surface area contributed by atoms with Gasteiger partial charge in [-0.1, -0.05) is 12.2 Å². The van der Waals surface area contributed by atoms with E-state index in [1.807, 2.05) is 22.0 Å². The van der Waals surface area contributed by atoms with Gasteiger partial charge in [0.25, 0.3) is 0 Å². The van der Waals surface area contributed by atoms with Crippen molar-refractivity contribution in [2.75, 3.05) is 19.7 Å². The molecule has 1 amide bonds. The first-order chi connectivity index (χ1) is 10.7. The molecule has 1 aromatic rings. The summed E-state index contributed by atoms with van der Waals surface area (Å²) in [6, 6.07) is 0. The van der Waals surface area contributed by atoms with E-state index in [1.165, 1.54) is 6.42 Å². The van der Waals surface area contributed by atoms with Crippen molar-refractivity contribution in [2.24, 2.45) is 17.8 Å². The predicted molar refractivity (Wildman–Crippen MR) is 82.0 cm³/mol. The van der Waals surface area contributed by atoms with Crippen LogP contribution in [0.5, 0.6) is 0 Å². The molecule has 22 heavy (non-hydrogen) atoms. The average molecular weight is 301 g/mol. The minimum absolute atomic E-state index is 0.0351. The molecule has 2 heterocycles. The third-order valence-electron chi connectivity index (χ3n) is 5.32. The Hall–Kier alpha value is -1.62. The molecule has 3 aliphatic rings. The molecule has 5 heteroatoms. The van der Waals surface area contributed by atoms with Crippen molar-refractivity contribution < 1.29 is 9.53 Å². The minimum atomic E-state index is -0.0351. The van der Waals surface area contributed by atoms with Gasteiger partial charge in [-0.3, -0.25) is 9.48 Å². The van der Waals surface area contributed by atoms with Crippen LogP contribution < -0.4 is 0 Å². The lowest BCUT2D eigenvalue weighted by Crippen LogP contribution is -2.45. The molecule has 2 aliphatic carbocycles. The van der Waals surface area contributed by atoms with E-state index in [2.05, 4.69) is 24.2 Å². The van der Waals surface area contributed by atoms with E-state index >= 15 is 0 Å². The van der Waals surface area contributed by atoms with Gasteiger partial charge >= 0.3 is 0 Å². The van der Waals surface area contributed by atoms with Crippen molar-refractivity contribution in [3.63, 3.8) is 0 Å². The molecule has 5 nitrogen and oxygen atoms in total. The number of fused-ring (bicyclic) bond motifs is 2. The lowest BCUT2D eigenvalue weighted by molar-refractivity contribution is -0.144. The molecule has 1 saturated heterocycles. The van der Waals surface area contributed by atoms with Gasteiger partial charge in [0.15, 0.2) is 0 Å². The number of rotatable bonds is 3. The van der Waals surface area contributed by atoms with E-state index in [-0.39, 0.29) is 12.0 Å². The molecule has 1 aromatic heterocycles. The molecule has 1 saturated carbocycles. The van der Waals surface area contributed by atoms with Gasteiger partial charge in [0, 0.05) is 30.8 Å². The second-order valence-corrected chi connectivity index (χ2v) is 6.66. The number of allylic oxidation sites excluding steroid dienone is 2. The molecule has 4 rings (SSSR count). The molecule has 2 bridgehead atoms. The number of aryl methyl sites for hydroxylation is 1. The molecule has 0 N–H and O–H groups in total. The van der Waals surface area contributed by atoms with Crippen molar-refractivity contribution in [1.82, 2.24) is 14.7 Å². The van der Waals surface area contributed by atoms with Crippen LogP contribution in [0.4, 0.5) is 0 Å². The van der Waals surface area contributed by atoms with E-state index < -0.39 is 0 Å². The van der Waals surface area contributed by atoms with Crippen LogP contribution in [-0.4, -0.2) is 40.3 Å². The first-order valence-corrected chi connectivity index (χ1v) is 8.35. The monoisotopic (exact) mass is 301 g/mol. The minimum Gasteiger partial charge on any atom is -0.370 e. The highest BCUT2D eigenvalue weighted by Gasteiger charge is 2.42. The van der Waals surface area contributed by atoms with Crippen molar-refractivity contribution >= 4 is 5.91 Å². The van der Waals surface area contributed by atoms with Crippen LogP contribution in [0.15, 0.2) is 24.5 Å². The van der Waals surface area contributed by atoms with Crippen molar-refractivity contribution in [2.45, 2.75) is 32.4 Å². The number of hydrogen-bond acceptors (Lipinski definition) is 3. The highest BCUT2D eigenvalue weighted by atomic mass is 16.5. The fourth-order valence-electron chi connectivity index (χ4n) is 4.07. The maximum atomic E-state index is 12.8. The Balaban J connectivity index is 1.44. The number of nitrogens with zero attached hydrogens (tertiary/aromatic N) is 3. The number of morpholine rings is 1. The van der Waals surface area contributed by atoms with Crippen LogP contribution in [0.2, 0.25) is 0 Å². The van der Waals surface area contributed by atoms with Gasteiger partial charge in [0.05, 0.1) is 19.3 Å². The Bertz CT molecular complexity index is 594. The van der Waals surface area contributed by atoms with Crippen molar-refractivity contribution in [1.29, 1.82) is 0 Å². The molecule has 0 aromatic carbocycles. The summed E-state index contributed by atoms with van der Waals surface area (Å²) in [4.78, 5) is 14.9. The Kier molecular flexibility index (Phi) is 3.53. The number of carbonyl (C=O) groups excluding carboxylic acids is 1. The summed E-state index contributed by atoms with van der Waals surface area (Å²) in [7, 11) is 0. The number of amides is 1. The van der Waals surface area contributed by atoms with Gasteiger partial charge < -0.3 is 9.64 Å². The molecular weight excluding hydrogens is 278 g/mol. The summed E-state index contributed by atoms with van der Waals surface area (Å²) in [5, 5.41) is 4.31. The standard InChI is InChI=1S/C17H23N3O2/c1-2-20-10-14(9-18-20)16-11-19(5-6-22-16)17(21)15-8-12-3-4-13(15)7-12/h3-4,9-10,12-13,15-16H,2,5-8,11H2,1H3/t12-,13-,15+,16-/m0/s1. The smallest absolute Gasteiger partial charge is 0.226 e. The quantitative estimate of drug-likeness (QED) is 0.803. The summed E-state index contributed by atoms with van der Waals surface area (Å²) in [6.45, 7) is 4.91. The topological polar surface area (TPSA) is 47.4 Å². The highest BCUT2D eigenvalue weighted by molar-refractivity contribution is 5.80. The summed E-state index contributed by atoms with van der Waals surface area (Å²) in [5.41, 5.74) is 1.08. The maximum absolute atomic E-state index is 12.8. The Morgan fingerprint density at radius 3 is 3.00 bits per heavy atom. The van der Waals surface area contributed by atoms with E-state index in [0.29, 0.717) is 30.9 Å². The Labute approximate surface area is 130 Å². The van der Waals surface area contributed by atoms with E-state index in [9.17, 15) is 4.79 Å². The van der Waals surface area contributed by atoms with E-state index in [0.717, 1.165) is 25.1 Å². The average Bonchev–Trinajstić information content (AvgIpc) is 3.30. The van der Waals surface area contributed by atoms with Crippen LogP contribution in [0.1, 0.15) is 31.4 Å². The lowest BCUT2D eigenvalue weighted by atomic mass is 9.92. The first-order valence-electron chi connectivity index (χ1n) is 8.35. The number of hydrogen-bond donors (Lipinski definition) is 0. The molecule has 4 atom stereocenters. The first kappa shape index (κ1) is 14.0. The summed E-state index contributed by atoms with van der Waals surface area (Å²) in [5.74, 6) is 1.64. The van der Waals surface area contributed by atoms with Gasteiger partial charge in [-0.2, -0.15) is 5.10 Å². The van der Waals surface area contributed by atoms with Gasteiger partial charge in [-0.25, -0.2) is 0 Å². The van der Waals surface area contributed by atoms with Gasteiger partial charge in [-0.05, 0) is 31.6 Å². The van der Waals surface area contributed by atoms with E-state index in [1.54, 1.807) is 0 Å². The molecular formula is C17H23N3O2. The second-order valence-electron chi connectivity index (χ2n) is 6.66. The lowest BCUT2D eigenvalue weighted by Gasteiger charge is -2.35. The predicted octanol–water partition coefficient (Wildman–Crippen LogP) is 2.02. The molecule has 0 spiro atoms. The fourth-order valence-corrected chi connectivity index (χ4v) is 4.07. The molecule has 0 radical (unpaired) electrons. The SMILES string of the molecule is CCn1cc([C@@H]2CN(C(=O)[C@@H]3C[C@H]4C=C[C@H]3C4)CCO2)cn1. The van der Waals surface area contributed by atoms with Crippen LogP contribution in [0, 0.1) is 17.8 Å². The fraction of sp³-hybridized carbons (Fsp3) is 0.647. The number of carbonyl (C=O) groups is 1. The van der Waals surface area contributed by atoms with Crippen molar-refractivity contribution in [3.05, 3.63) is 30.1 Å². The van der Waals surface area contributed by atoms with Crippen LogP contribution in [0.3, 0.4) is 0 Å². The van der Waals surface area contributed by atoms with Gasteiger partial charge in [-0.15, -0.1) is 0 Å². The van der Waals surface area contributed by atoms with Crippen LogP contribution in [0.25, 0.3) is 0 Å². The van der Waals surface area contributed by atoms with Crippen LogP contribution >= 0.6 is 0 Å². The Morgan fingerprint density at radius 1 is 1.41 bits per heavy atom. The zero-order chi connectivity index (χ0) is 15.1. The zero-order valence-corrected chi connectivity index (χ0v) is 13.0. The number of aromatic nitrogens is 2. The zero-order valence-electron chi connectivity index (χ0n) is 13.0. The summed E-state index contributed by atoms with van der Waals surface area (Å²) < 4.78 is 7.77. The molecule has 118 valence electrons. The van der Waals surface area contributed by atoms with E-state index in [4.69, 9.17) is 4.74 Å². The second kappa shape index (κ2) is 5.54. The molecule has 0 unspecified atom stereocenters. The largest absolute Gasteiger partial charge is 0.370 e. The third kappa shape index (κ3) is 2.37.